The van der Waals surface area contributed by atoms with Crippen LogP contribution in [0.5, 0.6) is 17.4 Å². The maximum Gasteiger partial charge on any atom is 0.416 e. The minimum Gasteiger partial charge on any atom is -0.491 e. The number of fused-ring (bicyclic) bond motifs is 1. The number of halogens is 3. The average molecular weight is 465 g/mol. The number of likely N-dealkylation sites (N-methyl/N-ethyl adjacent to an activating group) is 1. The molecule has 1 aromatic heterocycles. The summed E-state index contributed by atoms with van der Waals surface area (Å²) in [5.74, 6) is 0.826. The van der Waals surface area contributed by atoms with E-state index in [1.807, 2.05) is 13.8 Å². The van der Waals surface area contributed by atoms with Crippen LogP contribution >= 0.6 is 0 Å². The number of nitrogens with zero attached hydrogens (tertiary/aromatic N) is 3. The second kappa shape index (κ2) is 10.1. The Morgan fingerprint density at radius 1 is 1.06 bits per heavy atom. The van der Waals surface area contributed by atoms with E-state index in [0.717, 1.165) is 12.1 Å². The quantitative estimate of drug-likeness (QED) is 0.523. The summed E-state index contributed by atoms with van der Waals surface area (Å²) < 4.78 is 64.0. The highest BCUT2D eigenvalue weighted by molar-refractivity contribution is 7.82. The number of hydrogen-bond acceptors (Lipinski definition) is 5. The molecule has 0 spiro atoms. The Morgan fingerprint density at radius 3 is 2.44 bits per heavy atom. The van der Waals surface area contributed by atoms with Crippen LogP contribution < -0.4 is 9.47 Å². The number of rotatable bonds is 3. The first-order valence-corrected chi connectivity index (χ1v) is 11.0. The molecule has 0 bridgehead atoms. The van der Waals surface area contributed by atoms with Crippen LogP contribution in [0.3, 0.4) is 0 Å². The molecule has 0 saturated heterocycles. The molecule has 1 aliphatic rings. The molecule has 170 valence electrons. The monoisotopic (exact) mass is 465 g/mol. The molecule has 2 aromatic carbocycles. The highest BCUT2D eigenvalue weighted by atomic mass is 32.2. The van der Waals surface area contributed by atoms with Crippen LogP contribution in [-0.2, 0) is 17.2 Å². The first-order valence-electron chi connectivity index (χ1n) is 9.89. The van der Waals surface area contributed by atoms with Gasteiger partial charge in [-0.2, -0.15) is 13.2 Å². The third-order valence-electron chi connectivity index (χ3n) is 4.41. The van der Waals surface area contributed by atoms with E-state index >= 15 is 0 Å². The molecule has 0 N–H and O–H groups in total. The number of hydrogen-bond donors (Lipinski definition) is 0. The summed E-state index contributed by atoms with van der Waals surface area (Å²) in [6.45, 7) is 4.94. The lowest BCUT2D eigenvalue weighted by atomic mass is 10.1. The molecule has 0 saturated carbocycles. The SMILES string of the molecule is CC.CN1CCOc2ccc(-c3nccnc3Oc3ccc(C(F)(F)F)cc3)cc2S1=O. The van der Waals surface area contributed by atoms with Gasteiger partial charge in [0.25, 0.3) is 0 Å². The number of ether oxygens (including phenoxy) is 2. The van der Waals surface area contributed by atoms with Crippen LogP contribution in [0.25, 0.3) is 11.3 Å². The van der Waals surface area contributed by atoms with Crippen molar-refractivity contribution in [1.82, 2.24) is 14.3 Å². The minimum atomic E-state index is -4.43. The Kier molecular flexibility index (Phi) is 7.47. The lowest BCUT2D eigenvalue weighted by molar-refractivity contribution is -0.137. The Morgan fingerprint density at radius 2 is 1.75 bits per heavy atom. The van der Waals surface area contributed by atoms with Crippen molar-refractivity contribution in [3.63, 3.8) is 0 Å². The average Bonchev–Trinajstić information content (AvgIpc) is 2.93. The molecule has 3 aromatic rings. The van der Waals surface area contributed by atoms with Crippen molar-refractivity contribution in [2.45, 2.75) is 24.9 Å². The Hall–Kier alpha value is -2.98. The predicted molar refractivity (Wildman–Crippen MR) is 115 cm³/mol. The van der Waals surface area contributed by atoms with Gasteiger partial charge in [0, 0.05) is 31.5 Å². The topological polar surface area (TPSA) is 64.6 Å². The minimum absolute atomic E-state index is 0.117. The molecule has 32 heavy (non-hydrogen) atoms. The summed E-state index contributed by atoms with van der Waals surface area (Å²) in [7, 11) is 0.335. The van der Waals surface area contributed by atoms with Crippen molar-refractivity contribution in [2.75, 3.05) is 20.2 Å². The van der Waals surface area contributed by atoms with Crippen LogP contribution in [0.15, 0.2) is 59.8 Å². The normalized spacial score (nSPS) is 16.1. The third-order valence-corrected chi connectivity index (χ3v) is 5.86. The molecular formula is C22H22F3N3O3S. The van der Waals surface area contributed by atoms with Crippen molar-refractivity contribution >= 4 is 11.0 Å². The fourth-order valence-corrected chi connectivity index (χ4v) is 3.97. The summed E-state index contributed by atoms with van der Waals surface area (Å²) in [4.78, 5) is 8.96. The molecule has 0 amide bonds. The molecule has 0 radical (unpaired) electrons. The Bertz CT molecular complexity index is 1090. The molecule has 0 aliphatic carbocycles. The molecule has 1 aliphatic heterocycles. The molecule has 4 rings (SSSR count). The zero-order valence-corrected chi connectivity index (χ0v) is 18.5. The van der Waals surface area contributed by atoms with Crippen LogP contribution in [0.1, 0.15) is 19.4 Å². The summed E-state index contributed by atoms with van der Waals surface area (Å²) >= 11 is 0. The van der Waals surface area contributed by atoms with E-state index in [4.69, 9.17) is 9.47 Å². The molecule has 1 atom stereocenters. The lowest BCUT2D eigenvalue weighted by Gasteiger charge is -2.13. The highest BCUT2D eigenvalue weighted by Gasteiger charge is 2.30. The van der Waals surface area contributed by atoms with Crippen LogP contribution in [0.4, 0.5) is 13.2 Å². The maximum atomic E-state index is 12.8. The van der Waals surface area contributed by atoms with Crippen LogP contribution in [0, 0.1) is 0 Å². The molecule has 2 heterocycles. The van der Waals surface area contributed by atoms with Gasteiger partial charge in [-0.15, -0.1) is 0 Å². The molecule has 10 heteroatoms. The van der Waals surface area contributed by atoms with Gasteiger partial charge in [-0.25, -0.2) is 18.5 Å². The maximum absolute atomic E-state index is 12.8. The van der Waals surface area contributed by atoms with Gasteiger partial charge in [0.2, 0.25) is 5.88 Å². The van der Waals surface area contributed by atoms with E-state index in [0.29, 0.717) is 35.1 Å². The second-order valence-corrected chi connectivity index (χ2v) is 8.01. The molecular weight excluding hydrogens is 443 g/mol. The van der Waals surface area contributed by atoms with Crippen LogP contribution in [0.2, 0.25) is 0 Å². The summed E-state index contributed by atoms with van der Waals surface area (Å²) in [5, 5.41) is 0. The number of benzene rings is 2. The van der Waals surface area contributed by atoms with E-state index in [9.17, 15) is 17.4 Å². The fourth-order valence-electron chi connectivity index (χ4n) is 2.87. The van der Waals surface area contributed by atoms with Crippen molar-refractivity contribution in [3.8, 4) is 28.6 Å². The van der Waals surface area contributed by atoms with Gasteiger partial charge in [-0.1, -0.05) is 13.8 Å². The predicted octanol–water partition coefficient (Wildman–Crippen LogP) is 5.33. The summed E-state index contributed by atoms with van der Waals surface area (Å²) in [5.41, 5.74) is 0.187. The summed E-state index contributed by atoms with van der Waals surface area (Å²) in [6.07, 6.45) is -1.54. The third kappa shape index (κ3) is 5.25. The van der Waals surface area contributed by atoms with Gasteiger partial charge < -0.3 is 9.47 Å². The van der Waals surface area contributed by atoms with Gasteiger partial charge in [0.1, 0.15) is 34.8 Å². The highest BCUT2D eigenvalue weighted by Crippen LogP contribution is 2.36. The molecule has 0 fully saturated rings. The summed E-state index contributed by atoms with van der Waals surface area (Å²) in [6, 6.07) is 9.45. The fraction of sp³-hybridized carbons (Fsp3) is 0.273. The first-order chi connectivity index (χ1) is 15.3. The Balaban J connectivity index is 0.00000141. The molecule has 1 unspecified atom stereocenters. The van der Waals surface area contributed by atoms with E-state index < -0.39 is 22.7 Å². The zero-order valence-electron chi connectivity index (χ0n) is 17.7. The zero-order chi connectivity index (χ0) is 23.3. The van der Waals surface area contributed by atoms with Crippen molar-refractivity contribution in [2.24, 2.45) is 0 Å². The number of aromatic nitrogens is 2. The van der Waals surface area contributed by atoms with E-state index in [1.165, 1.54) is 24.5 Å². The second-order valence-electron chi connectivity index (χ2n) is 6.44. The number of alkyl halides is 3. The van der Waals surface area contributed by atoms with Gasteiger partial charge in [-0.3, -0.25) is 0 Å². The van der Waals surface area contributed by atoms with Crippen molar-refractivity contribution < 1.29 is 26.9 Å². The van der Waals surface area contributed by atoms with Crippen molar-refractivity contribution in [3.05, 3.63) is 60.4 Å². The van der Waals surface area contributed by atoms with E-state index in [2.05, 4.69) is 9.97 Å². The van der Waals surface area contributed by atoms with Gasteiger partial charge >= 0.3 is 6.18 Å². The largest absolute Gasteiger partial charge is 0.491 e. The smallest absolute Gasteiger partial charge is 0.416 e. The standard InChI is InChI=1S/C20H16F3N3O3S.C2H6/c1-26-10-11-28-16-7-2-13(12-17(16)30(26)27)18-19(25-9-8-24-18)29-15-5-3-14(4-6-15)20(21,22)23;1-2/h2-9,12H,10-11H2,1H3;1-2H3. The van der Waals surface area contributed by atoms with E-state index in [-0.39, 0.29) is 11.6 Å². The van der Waals surface area contributed by atoms with Gasteiger partial charge in [0.15, 0.2) is 0 Å². The van der Waals surface area contributed by atoms with E-state index in [1.54, 1.807) is 29.6 Å². The van der Waals surface area contributed by atoms with Gasteiger partial charge in [-0.05, 0) is 42.5 Å². The first kappa shape index (κ1) is 23.7. The Labute approximate surface area is 186 Å². The van der Waals surface area contributed by atoms with Crippen molar-refractivity contribution in [1.29, 1.82) is 0 Å². The molecule has 6 nitrogen and oxygen atoms in total. The lowest BCUT2D eigenvalue weighted by Crippen LogP contribution is -2.23. The van der Waals surface area contributed by atoms with Crippen LogP contribution in [-0.4, -0.2) is 38.7 Å². The van der Waals surface area contributed by atoms with Gasteiger partial charge in [0.05, 0.1) is 10.5 Å².